The average Bonchev–Trinajstić information content (AvgIpc) is 3.40. The lowest BCUT2D eigenvalue weighted by atomic mass is 10.1. The van der Waals surface area contributed by atoms with E-state index in [0.29, 0.717) is 40.5 Å². The summed E-state index contributed by atoms with van der Waals surface area (Å²) in [6, 6.07) is 12.6. The molecule has 1 aliphatic carbocycles. The van der Waals surface area contributed by atoms with Crippen LogP contribution in [0.3, 0.4) is 0 Å². The van der Waals surface area contributed by atoms with Crippen LogP contribution in [0.25, 0.3) is 22.6 Å². The molecule has 1 N–H and O–H groups in total. The zero-order valence-corrected chi connectivity index (χ0v) is 17.8. The number of carbonyl (C=O) groups is 2. The quantitative estimate of drug-likeness (QED) is 0.651. The predicted octanol–water partition coefficient (Wildman–Crippen LogP) is 4.53. The van der Waals surface area contributed by atoms with Crippen LogP contribution in [-0.4, -0.2) is 41.3 Å². The van der Waals surface area contributed by atoms with Gasteiger partial charge in [0.05, 0.1) is 0 Å². The summed E-state index contributed by atoms with van der Waals surface area (Å²) in [4.78, 5) is 31.2. The van der Waals surface area contributed by atoms with Gasteiger partial charge in [-0.3, -0.25) is 9.59 Å². The van der Waals surface area contributed by atoms with Gasteiger partial charge in [-0.15, -0.1) is 0 Å². The molecule has 4 rings (SSSR count). The van der Waals surface area contributed by atoms with Gasteiger partial charge in [-0.25, -0.2) is 4.98 Å². The van der Waals surface area contributed by atoms with E-state index in [2.05, 4.69) is 10.3 Å². The maximum atomic E-state index is 12.9. The smallest absolute Gasteiger partial charge is 0.253 e. The van der Waals surface area contributed by atoms with Gasteiger partial charge in [-0.1, -0.05) is 11.6 Å². The van der Waals surface area contributed by atoms with Crippen LogP contribution in [0.5, 0.6) is 0 Å². The molecular formula is C23H24ClN3O3. The number of nitrogens with zero attached hydrogens (tertiary/aromatic N) is 2. The summed E-state index contributed by atoms with van der Waals surface area (Å²) in [6.45, 7) is 2.55. The van der Waals surface area contributed by atoms with Gasteiger partial charge in [0.25, 0.3) is 5.91 Å². The molecular weight excluding hydrogens is 402 g/mol. The molecule has 0 spiro atoms. The Morgan fingerprint density at radius 1 is 1.20 bits per heavy atom. The van der Waals surface area contributed by atoms with Crippen LogP contribution in [0.2, 0.25) is 5.02 Å². The van der Waals surface area contributed by atoms with E-state index < -0.39 is 0 Å². The number of oxazole rings is 1. The molecule has 7 heteroatoms. The van der Waals surface area contributed by atoms with E-state index in [1.807, 2.05) is 26.1 Å². The highest BCUT2D eigenvalue weighted by atomic mass is 35.5. The summed E-state index contributed by atoms with van der Waals surface area (Å²) in [5.41, 5.74) is 2.75. The fraction of sp³-hybridized carbons (Fsp3) is 0.348. The van der Waals surface area contributed by atoms with Crippen LogP contribution in [-0.2, 0) is 4.79 Å². The molecule has 1 fully saturated rings. The molecule has 30 heavy (non-hydrogen) atoms. The molecule has 0 unspecified atom stereocenters. The van der Waals surface area contributed by atoms with E-state index in [-0.39, 0.29) is 23.8 Å². The van der Waals surface area contributed by atoms with Crippen molar-refractivity contribution in [2.24, 2.45) is 5.92 Å². The lowest BCUT2D eigenvalue weighted by Gasteiger charge is -2.25. The van der Waals surface area contributed by atoms with Crippen molar-refractivity contribution in [2.45, 2.75) is 32.2 Å². The number of hydrogen-bond acceptors (Lipinski definition) is 4. The molecule has 0 radical (unpaired) electrons. The minimum absolute atomic E-state index is 0.0137. The van der Waals surface area contributed by atoms with Crippen LogP contribution in [0.4, 0.5) is 0 Å². The van der Waals surface area contributed by atoms with E-state index in [1.165, 1.54) is 0 Å². The normalized spacial score (nSPS) is 18.5. The summed E-state index contributed by atoms with van der Waals surface area (Å²) in [6.07, 6.45) is 2.36. The second kappa shape index (κ2) is 8.48. The molecule has 0 saturated heterocycles. The van der Waals surface area contributed by atoms with Crippen molar-refractivity contribution < 1.29 is 14.0 Å². The van der Waals surface area contributed by atoms with Crippen molar-refractivity contribution in [1.29, 1.82) is 0 Å². The van der Waals surface area contributed by atoms with Crippen LogP contribution in [0, 0.1) is 5.92 Å². The van der Waals surface area contributed by atoms with Crippen molar-refractivity contribution in [1.82, 2.24) is 15.2 Å². The van der Waals surface area contributed by atoms with E-state index >= 15 is 0 Å². The van der Waals surface area contributed by atoms with Gasteiger partial charge in [0.1, 0.15) is 5.52 Å². The number of halogens is 1. The van der Waals surface area contributed by atoms with Crippen molar-refractivity contribution in [3.63, 3.8) is 0 Å². The third kappa shape index (κ3) is 4.05. The predicted molar refractivity (Wildman–Crippen MR) is 116 cm³/mol. The summed E-state index contributed by atoms with van der Waals surface area (Å²) in [5.74, 6) is 0.512. The Balaban J connectivity index is 1.45. The van der Waals surface area contributed by atoms with Gasteiger partial charge in [-0.2, -0.15) is 0 Å². The second-order valence-electron chi connectivity index (χ2n) is 7.68. The molecule has 156 valence electrons. The number of benzene rings is 2. The molecule has 1 heterocycles. The Morgan fingerprint density at radius 3 is 2.70 bits per heavy atom. The van der Waals surface area contributed by atoms with Crippen molar-refractivity contribution >= 4 is 34.5 Å². The molecule has 0 aliphatic heterocycles. The first-order valence-electron chi connectivity index (χ1n) is 10.2. The lowest BCUT2D eigenvalue weighted by Crippen LogP contribution is -2.36. The maximum absolute atomic E-state index is 12.9. The number of hydrogen-bond donors (Lipinski definition) is 1. The molecule has 2 aromatic carbocycles. The van der Waals surface area contributed by atoms with Crippen molar-refractivity contribution in [2.75, 3.05) is 13.6 Å². The number of aromatic nitrogens is 1. The van der Waals surface area contributed by atoms with Crippen molar-refractivity contribution in [3.05, 3.63) is 53.1 Å². The second-order valence-corrected chi connectivity index (χ2v) is 8.12. The van der Waals surface area contributed by atoms with E-state index in [4.69, 9.17) is 16.0 Å². The highest BCUT2D eigenvalue weighted by molar-refractivity contribution is 6.31. The number of carbonyl (C=O) groups excluding carboxylic acids is 2. The van der Waals surface area contributed by atoms with Gasteiger partial charge in [0.2, 0.25) is 11.8 Å². The monoisotopic (exact) mass is 425 g/mol. The molecule has 2 atom stereocenters. The highest BCUT2D eigenvalue weighted by Gasteiger charge is 2.33. The molecule has 0 bridgehead atoms. The molecule has 6 nitrogen and oxygen atoms in total. The standard InChI is InChI=1S/C23H24ClN3O3/c1-3-25-21(28)16-8-10-18(12-16)27(2)23(29)15-6-4-14(5-7-15)22-26-19-13-17(24)9-11-20(19)30-22/h4-7,9,11,13,16,18H,3,8,10,12H2,1-2H3,(H,25,28)/t16-,18-/m1/s1. The van der Waals surface area contributed by atoms with Gasteiger partial charge in [0, 0.05) is 41.7 Å². The summed E-state index contributed by atoms with van der Waals surface area (Å²) in [5, 5.41) is 3.48. The Kier molecular flexibility index (Phi) is 5.77. The van der Waals surface area contributed by atoms with Gasteiger partial charge in [-0.05, 0) is 68.7 Å². The van der Waals surface area contributed by atoms with E-state index in [9.17, 15) is 9.59 Å². The van der Waals surface area contributed by atoms with Crippen LogP contribution in [0.1, 0.15) is 36.5 Å². The number of nitrogens with one attached hydrogen (secondary N) is 1. The Labute approximate surface area is 180 Å². The van der Waals surface area contributed by atoms with E-state index in [0.717, 1.165) is 18.4 Å². The van der Waals surface area contributed by atoms with Crippen molar-refractivity contribution in [3.8, 4) is 11.5 Å². The van der Waals surface area contributed by atoms with Crippen LogP contribution < -0.4 is 5.32 Å². The van der Waals surface area contributed by atoms with E-state index in [1.54, 1.807) is 35.2 Å². The highest BCUT2D eigenvalue weighted by Crippen LogP contribution is 2.30. The lowest BCUT2D eigenvalue weighted by molar-refractivity contribution is -0.124. The Hall–Kier alpha value is -2.86. The third-order valence-corrected chi connectivity index (χ3v) is 5.96. The topological polar surface area (TPSA) is 75.4 Å². The summed E-state index contributed by atoms with van der Waals surface area (Å²) >= 11 is 6.01. The zero-order chi connectivity index (χ0) is 21.3. The molecule has 1 aromatic heterocycles. The molecule has 1 aliphatic rings. The number of rotatable bonds is 5. The molecule has 1 saturated carbocycles. The first-order valence-corrected chi connectivity index (χ1v) is 10.6. The van der Waals surface area contributed by atoms with Gasteiger partial charge < -0.3 is 14.6 Å². The molecule has 2 amide bonds. The molecule has 3 aromatic rings. The fourth-order valence-corrected chi connectivity index (χ4v) is 4.18. The minimum Gasteiger partial charge on any atom is -0.436 e. The number of amides is 2. The zero-order valence-electron chi connectivity index (χ0n) is 17.0. The van der Waals surface area contributed by atoms with Crippen LogP contribution in [0.15, 0.2) is 46.9 Å². The third-order valence-electron chi connectivity index (χ3n) is 5.72. The van der Waals surface area contributed by atoms with Gasteiger partial charge in [0.15, 0.2) is 5.58 Å². The SMILES string of the molecule is CCNC(=O)[C@@H]1CC[C@@H](N(C)C(=O)c2ccc(-c3nc4cc(Cl)ccc4o3)cc2)C1. The Morgan fingerprint density at radius 2 is 1.97 bits per heavy atom. The maximum Gasteiger partial charge on any atom is 0.253 e. The number of fused-ring (bicyclic) bond motifs is 1. The fourth-order valence-electron chi connectivity index (χ4n) is 4.02. The Bertz CT molecular complexity index is 1080. The first kappa shape index (κ1) is 20.4. The average molecular weight is 426 g/mol. The summed E-state index contributed by atoms with van der Waals surface area (Å²) < 4.78 is 5.79. The summed E-state index contributed by atoms with van der Waals surface area (Å²) in [7, 11) is 1.81. The first-order chi connectivity index (χ1) is 14.5. The largest absolute Gasteiger partial charge is 0.436 e. The van der Waals surface area contributed by atoms with Crippen LogP contribution >= 0.6 is 11.6 Å². The minimum atomic E-state index is -0.0487. The van der Waals surface area contributed by atoms with Gasteiger partial charge >= 0.3 is 0 Å².